The largest absolute Gasteiger partial charge is 0.508 e. The van der Waals surface area contributed by atoms with Crippen molar-refractivity contribution in [2.24, 2.45) is 0 Å². The Morgan fingerprint density at radius 1 is 1.32 bits per heavy atom. The van der Waals surface area contributed by atoms with Gasteiger partial charge in [-0.05, 0) is 54.3 Å². The highest BCUT2D eigenvalue weighted by Gasteiger charge is 2.29. The minimum atomic E-state index is -0.232. The van der Waals surface area contributed by atoms with Crippen LogP contribution in [0, 0.1) is 6.92 Å². The van der Waals surface area contributed by atoms with Crippen LogP contribution in [0.3, 0.4) is 0 Å². The lowest BCUT2D eigenvalue weighted by Crippen LogP contribution is -2.28. The number of aromatic hydroxyl groups is 1. The summed E-state index contributed by atoms with van der Waals surface area (Å²) in [5.74, 6) is 0.00688. The van der Waals surface area contributed by atoms with Crippen molar-refractivity contribution in [3.63, 3.8) is 0 Å². The van der Waals surface area contributed by atoms with Crippen LogP contribution in [-0.4, -0.2) is 34.9 Å². The summed E-state index contributed by atoms with van der Waals surface area (Å²) >= 11 is 6.06. The van der Waals surface area contributed by atoms with E-state index in [9.17, 15) is 14.7 Å². The fourth-order valence-corrected chi connectivity index (χ4v) is 3.59. The summed E-state index contributed by atoms with van der Waals surface area (Å²) in [7, 11) is 0. The number of benzene rings is 2. The Bertz CT molecular complexity index is 909. The second kappa shape index (κ2) is 8.48. The number of hydrogen-bond donors (Lipinski definition) is 2. The fourth-order valence-electron chi connectivity index (χ4n) is 3.43. The Morgan fingerprint density at radius 2 is 2.04 bits per heavy atom. The molecule has 0 aromatic heterocycles. The number of carbonyl (C=O) groups is 2. The van der Waals surface area contributed by atoms with E-state index in [4.69, 9.17) is 11.6 Å². The van der Waals surface area contributed by atoms with Crippen LogP contribution in [0.15, 0.2) is 49.1 Å². The highest BCUT2D eigenvalue weighted by atomic mass is 35.5. The minimum absolute atomic E-state index is 0.0330. The fraction of sp³-hybridized carbons (Fsp3) is 0.273. The normalized spacial score (nSPS) is 16.1. The number of amides is 2. The topological polar surface area (TPSA) is 69.6 Å². The van der Waals surface area contributed by atoms with Gasteiger partial charge in [0.1, 0.15) is 5.75 Å². The zero-order valence-corrected chi connectivity index (χ0v) is 16.5. The third-order valence-corrected chi connectivity index (χ3v) is 5.48. The number of rotatable bonds is 5. The summed E-state index contributed by atoms with van der Waals surface area (Å²) in [5.41, 5.74) is 3.27. The molecule has 2 amide bonds. The van der Waals surface area contributed by atoms with E-state index in [0.29, 0.717) is 30.2 Å². The predicted molar refractivity (Wildman–Crippen MR) is 110 cm³/mol. The predicted octanol–water partition coefficient (Wildman–Crippen LogP) is 3.79. The van der Waals surface area contributed by atoms with Crippen molar-refractivity contribution in [2.75, 3.05) is 13.1 Å². The maximum Gasteiger partial charge on any atom is 0.253 e. The summed E-state index contributed by atoms with van der Waals surface area (Å²) in [6.07, 6.45) is 2.02. The van der Waals surface area contributed by atoms with E-state index >= 15 is 0 Å². The second-order valence-electron chi connectivity index (χ2n) is 7.02. The molecule has 28 heavy (non-hydrogen) atoms. The van der Waals surface area contributed by atoms with Crippen molar-refractivity contribution < 1.29 is 14.7 Å². The van der Waals surface area contributed by atoms with Crippen LogP contribution in [0.5, 0.6) is 5.75 Å². The Hall–Kier alpha value is -2.79. The zero-order valence-electron chi connectivity index (χ0n) is 15.7. The van der Waals surface area contributed by atoms with Crippen molar-refractivity contribution in [3.8, 4) is 5.75 Å². The second-order valence-corrected chi connectivity index (χ2v) is 7.42. The van der Waals surface area contributed by atoms with Gasteiger partial charge in [-0.25, -0.2) is 0 Å². The van der Waals surface area contributed by atoms with Crippen molar-refractivity contribution in [2.45, 2.75) is 25.8 Å². The van der Waals surface area contributed by atoms with E-state index in [1.165, 1.54) is 6.08 Å². The highest BCUT2D eigenvalue weighted by Crippen LogP contribution is 2.36. The summed E-state index contributed by atoms with van der Waals surface area (Å²) in [4.78, 5) is 25.9. The molecule has 0 radical (unpaired) electrons. The average Bonchev–Trinajstić information content (AvgIpc) is 3.18. The first-order valence-electron chi connectivity index (χ1n) is 9.16. The van der Waals surface area contributed by atoms with Crippen molar-refractivity contribution in [3.05, 3.63) is 76.3 Å². The van der Waals surface area contributed by atoms with Gasteiger partial charge in [-0.1, -0.05) is 36.4 Å². The van der Waals surface area contributed by atoms with Crippen LogP contribution in [0.2, 0.25) is 5.02 Å². The van der Waals surface area contributed by atoms with E-state index < -0.39 is 0 Å². The molecular weight excluding hydrogens is 376 g/mol. The maximum absolute atomic E-state index is 12.8. The van der Waals surface area contributed by atoms with E-state index in [0.717, 1.165) is 23.1 Å². The third-order valence-electron chi connectivity index (χ3n) is 5.08. The molecule has 1 fully saturated rings. The van der Waals surface area contributed by atoms with Crippen LogP contribution < -0.4 is 5.32 Å². The van der Waals surface area contributed by atoms with Gasteiger partial charge in [0.15, 0.2) is 0 Å². The molecule has 0 saturated carbocycles. The van der Waals surface area contributed by atoms with Crippen LogP contribution in [-0.2, 0) is 11.3 Å². The summed E-state index contributed by atoms with van der Waals surface area (Å²) in [6, 6.07) is 10.7. The molecule has 1 aliphatic rings. The minimum Gasteiger partial charge on any atom is -0.508 e. The Labute approximate surface area is 169 Å². The van der Waals surface area contributed by atoms with Gasteiger partial charge in [0.2, 0.25) is 5.91 Å². The molecule has 6 heteroatoms. The number of halogens is 1. The molecular formula is C22H23ClN2O3. The van der Waals surface area contributed by atoms with Crippen LogP contribution >= 0.6 is 11.6 Å². The van der Waals surface area contributed by atoms with Gasteiger partial charge in [-0.3, -0.25) is 9.59 Å². The van der Waals surface area contributed by atoms with E-state index in [1.807, 2.05) is 30.0 Å². The Morgan fingerprint density at radius 3 is 2.71 bits per heavy atom. The molecule has 2 aromatic carbocycles. The first-order chi connectivity index (χ1) is 13.4. The number of nitrogens with zero attached hydrogens (tertiary/aromatic N) is 1. The summed E-state index contributed by atoms with van der Waals surface area (Å²) in [5, 5.41) is 13.5. The molecule has 2 aromatic rings. The quantitative estimate of drug-likeness (QED) is 0.753. The molecule has 0 aliphatic carbocycles. The van der Waals surface area contributed by atoms with E-state index in [1.54, 1.807) is 18.2 Å². The third kappa shape index (κ3) is 4.37. The number of hydrogen-bond acceptors (Lipinski definition) is 3. The molecule has 146 valence electrons. The molecule has 1 heterocycles. The van der Waals surface area contributed by atoms with Crippen molar-refractivity contribution in [1.82, 2.24) is 10.2 Å². The van der Waals surface area contributed by atoms with Crippen LogP contribution in [0.1, 0.15) is 39.4 Å². The highest BCUT2D eigenvalue weighted by molar-refractivity contribution is 6.31. The summed E-state index contributed by atoms with van der Waals surface area (Å²) < 4.78 is 0. The lowest BCUT2D eigenvalue weighted by atomic mass is 9.96. The standard InChI is InChI=1S/C22H23ClN2O3/c1-3-21(27)24-12-15-4-6-16(7-5-15)22(28)25-9-8-17(13-25)18-10-14(2)19(23)11-20(18)26/h3-7,10-11,17,26H,1,8-9,12-13H2,2H3,(H,24,27). The van der Waals surface area contributed by atoms with Crippen LogP contribution in [0.4, 0.5) is 0 Å². The van der Waals surface area contributed by atoms with Gasteiger partial charge in [0, 0.05) is 36.1 Å². The molecule has 3 rings (SSSR count). The smallest absolute Gasteiger partial charge is 0.253 e. The van der Waals surface area contributed by atoms with Gasteiger partial charge in [0.05, 0.1) is 0 Å². The molecule has 5 nitrogen and oxygen atoms in total. The maximum atomic E-state index is 12.8. The molecule has 2 N–H and O–H groups in total. The van der Waals surface area contributed by atoms with Gasteiger partial charge in [-0.15, -0.1) is 0 Å². The molecule has 1 aliphatic heterocycles. The number of likely N-dealkylation sites (tertiary alicyclic amines) is 1. The zero-order chi connectivity index (χ0) is 20.3. The molecule has 1 saturated heterocycles. The number of phenols is 1. The van der Waals surface area contributed by atoms with E-state index in [2.05, 4.69) is 11.9 Å². The molecule has 0 spiro atoms. The van der Waals surface area contributed by atoms with Gasteiger partial charge in [0.25, 0.3) is 5.91 Å². The van der Waals surface area contributed by atoms with Crippen molar-refractivity contribution in [1.29, 1.82) is 0 Å². The number of carbonyl (C=O) groups excluding carboxylic acids is 2. The first-order valence-corrected chi connectivity index (χ1v) is 9.54. The van der Waals surface area contributed by atoms with Crippen LogP contribution in [0.25, 0.3) is 0 Å². The van der Waals surface area contributed by atoms with Gasteiger partial charge in [-0.2, -0.15) is 0 Å². The number of aryl methyl sites for hydroxylation is 1. The van der Waals surface area contributed by atoms with E-state index in [-0.39, 0.29) is 23.5 Å². The average molecular weight is 399 g/mol. The molecule has 0 bridgehead atoms. The van der Waals surface area contributed by atoms with Crippen molar-refractivity contribution >= 4 is 23.4 Å². The first kappa shape index (κ1) is 20.0. The molecule has 1 unspecified atom stereocenters. The molecule has 1 atom stereocenters. The Balaban J connectivity index is 1.65. The SMILES string of the molecule is C=CC(=O)NCc1ccc(C(=O)N2CCC(c3cc(C)c(Cl)cc3O)C2)cc1. The number of nitrogens with one attached hydrogen (secondary N) is 1. The lowest BCUT2D eigenvalue weighted by Gasteiger charge is -2.18. The number of phenolic OH excluding ortho intramolecular Hbond substituents is 1. The summed E-state index contributed by atoms with van der Waals surface area (Å²) in [6.45, 7) is 6.91. The monoisotopic (exact) mass is 398 g/mol. The Kier molecular flexibility index (Phi) is 6.05. The van der Waals surface area contributed by atoms with Gasteiger partial charge < -0.3 is 15.3 Å². The van der Waals surface area contributed by atoms with Gasteiger partial charge >= 0.3 is 0 Å². The lowest BCUT2D eigenvalue weighted by molar-refractivity contribution is -0.116.